The summed E-state index contributed by atoms with van der Waals surface area (Å²) in [5.41, 5.74) is 0. The number of allylic oxidation sites excluding steroid dienone is 2. The van der Waals surface area contributed by atoms with Gasteiger partial charge in [-0.05, 0) is 25.7 Å². The first-order valence-corrected chi connectivity index (χ1v) is 5.60. The maximum Gasteiger partial charge on any atom is 0.226 e. The van der Waals surface area contributed by atoms with Crippen LogP contribution in [-0.2, 0) is 4.79 Å². The fraction of sp³-hybridized carbons (Fsp3) is 0.667. The van der Waals surface area contributed by atoms with Gasteiger partial charge in [-0.15, -0.1) is 0 Å². The topological polar surface area (TPSA) is 44.1 Å². The van der Waals surface area contributed by atoms with E-state index in [4.69, 9.17) is 5.26 Å². The Morgan fingerprint density at radius 1 is 1.60 bits per heavy atom. The third-order valence-electron chi connectivity index (χ3n) is 2.69. The Bertz CT molecular complexity index is 278. The van der Waals surface area contributed by atoms with Crippen LogP contribution in [-0.4, -0.2) is 23.9 Å². The second-order valence-corrected chi connectivity index (χ2v) is 3.90. The summed E-state index contributed by atoms with van der Waals surface area (Å²) in [6, 6.07) is 2.06. The fourth-order valence-electron chi connectivity index (χ4n) is 1.90. The minimum Gasteiger partial charge on any atom is -0.329 e. The smallest absolute Gasteiger partial charge is 0.226 e. The van der Waals surface area contributed by atoms with Crippen molar-refractivity contribution in [2.24, 2.45) is 5.92 Å². The zero-order valence-corrected chi connectivity index (χ0v) is 9.28. The molecule has 0 fully saturated rings. The van der Waals surface area contributed by atoms with Gasteiger partial charge in [-0.2, -0.15) is 5.26 Å². The fourth-order valence-corrected chi connectivity index (χ4v) is 1.90. The van der Waals surface area contributed by atoms with Crippen molar-refractivity contribution in [1.82, 2.24) is 4.90 Å². The van der Waals surface area contributed by atoms with E-state index in [-0.39, 0.29) is 18.4 Å². The standard InChI is InChI=1S/C12H18N2O/c1-2-9-14(10-8-13)12(15)11-6-4-3-5-7-11/h3-4,11H,2,5-7,9-10H2,1H3. The zero-order chi connectivity index (χ0) is 11.1. The molecule has 1 unspecified atom stereocenters. The lowest BCUT2D eigenvalue weighted by atomic mass is 9.93. The molecule has 0 heterocycles. The van der Waals surface area contributed by atoms with Gasteiger partial charge in [0, 0.05) is 12.5 Å². The van der Waals surface area contributed by atoms with Crippen LogP contribution in [0.15, 0.2) is 12.2 Å². The molecule has 0 aromatic heterocycles. The largest absolute Gasteiger partial charge is 0.329 e. The monoisotopic (exact) mass is 206 g/mol. The molecular formula is C12H18N2O. The average molecular weight is 206 g/mol. The van der Waals surface area contributed by atoms with Gasteiger partial charge in [0.1, 0.15) is 6.54 Å². The van der Waals surface area contributed by atoms with Crippen LogP contribution in [0, 0.1) is 17.2 Å². The molecule has 1 atom stereocenters. The minimum atomic E-state index is 0.106. The summed E-state index contributed by atoms with van der Waals surface area (Å²) in [7, 11) is 0. The summed E-state index contributed by atoms with van der Waals surface area (Å²) >= 11 is 0. The maximum atomic E-state index is 12.0. The van der Waals surface area contributed by atoms with Crippen LogP contribution in [0.3, 0.4) is 0 Å². The van der Waals surface area contributed by atoms with E-state index < -0.39 is 0 Å². The second kappa shape index (κ2) is 6.23. The van der Waals surface area contributed by atoms with E-state index >= 15 is 0 Å². The van der Waals surface area contributed by atoms with Gasteiger partial charge in [-0.3, -0.25) is 4.79 Å². The first kappa shape index (κ1) is 11.8. The van der Waals surface area contributed by atoms with Crippen molar-refractivity contribution in [2.45, 2.75) is 32.6 Å². The van der Waals surface area contributed by atoms with Crippen LogP contribution in [0.2, 0.25) is 0 Å². The molecule has 3 nitrogen and oxygen atoms in total. The predicted octanol–water partition coefficient (Wildman–Crippen LogP) is 2.10. The lowest BCUT2D eigenvalue weighted by Gasteiger charge is -2.25. The Kier molecular flexibility index (Phi) is 4.89. The number of carbonyl (C=O) groups is 1. The van der Waals surface area contributed by atoms with E-state index in [0.29, 0.717) is 6.54 Å². The number of rotatable bonds is 4. The summed E-state index contributed by atoms with van der Waals surface area (Å²) in [6.45, 7) is 2.96. The molecule has 3 heteroatoms. The van der Waals surface area contributed by atoms with E-state index in [0.717, 1.165) is 25.7 Å². The lowest BCUT2D eigenvalue weighted by Crippen LogP contribution is -2.37. The molecule has 1 amide bonds. The van der Waals surface area contributed by atoms with Crippen molar-refractivity contribution in [3.05, 3.63) is 12.2 Å². The van der Waals surface area contributed by atoms with Gasteiger partial charge >= 0.3 is 0 Å². The molecule has 0 aromatic rings. The molecule has 0 saturated carbocycles. The van der Waals surface area contributed by atoms with Gasteiger partial charge in [0.2, 0.25) is 5.91 Å². The lowest BCUT2D eigenvalue weighted by molar-refractivity contribution is -0.135. The second-order valence-electron chi connectivity index (χ2n) is 3.90. The van der Waals surface area contributed by atoms with Crippen molar-refractivity contribution in [2.75, 3.05) is 13.1 Å². The van der Waals surface area contributed by atoms with Gasteiger partial charge in [0.15, 0.2) is 0 Å². The molecule has 1 aliphatic rings. The van der Waals surface area contributed by atoms with Gasteiger partial charge < -0.3 is 4.90 Å². The Hall–Kier alpha value is -1.30. The van der Waals surface area contributed by atoms with Crippen LogP contribution in [0.4, 0.5) is 0 Å². The van der Waals surface area contributed by atoms with E-state index in [9.17, 15) is 4.79 Å². The highest BCUT2D eigenvalue weighted by atomic mass is 16.2. The highest BCUT2D eigenvalue weighted by molar-refractivity contribution is 5.79. The summed E-state index contributed by atoms with van der Waals surface area (Å²) in [4.78, 5) is 13.7. The predicted molar refractivity (Wildman–Crippen MR) is 59.0 cm³/mol. The summed E-state index contributed by atoms with van der Waals surface area (Å²) in [5, 5.41) is 8.65. The summed E-state index contributed by atoms with van der Waals surface area (Å²) < 4.78 is 0. The summed E-state index contributed by atoms with van der Waals surface area (Å²) in [5.74, 6) is 0.262. The molecule has 0 spiro atoms. The van der Waals surface area contributed by atoms with Crippen LogP contribution in [0.5, 0.6) is 0 Å². The van der Waals surface area contributed by atoms with E-state index in [1.165, 1.54) is 0 Å². The number of nitriles is 1. The quantitative estimate of drug-likeness (QED) is 0.522. The van der Waals surface area contributed by atoms with Crippen molar-refractivity contribution < 1.29 is 4.79 Å². The molecule has 0 bridgehead atoms. The van der Waals surface area contributed by atoms with Gasteiger partial charge in [-0.1, -0.05) is 19.1 Å². The van der Waals surface area contributed by atoms with Gasteiger partial charge in [-0.25, -0.2) is 0 Å². The molecule has 1 aliphatic carbocycles. The highest BCUT2D eigenvalue weighted by Crippen LogP contribution is 2.20. The average Bonchev–Trinajstić information content (AvgIpc) is 2.29. The van der Waals surface area contributed by atoms with Crippen molar-refractivity contribution in [3.63, 3.8) is 0 Å². The molecule has 1 rings (SSSR count). The van der Waals surface area contributed by atoms with Crippen molar-refractivity contribution in [3.8, 4) is 6.07 Å². The van der Waals surface area contributed by atoms with E-state index in [2.05, 4.69) is 18.2 Å². The maximum absolute atomic E-state index is 12.0. The molecule has 0 saturated heterocycles. The SMILES string of the molecule is CCCN(CC#N)C(=O)C1CC=CCC1. The number of hydrogen-bond donors (Lipinski definition) is 0. The first-order valence-electron chi connectivity index (χ1n) is 5.60. The van der Waals surface area contributed by atoms with Gasteiger partial charge in [0.25, 0.3) is 0 Å². The van der Waals surface area contributed by atoms with Crippen LogP contribution in [0.25, 0.3) is 0 Å². The Morgan fingerprint density at radius 2 is 2.40 bits per heavy atom. The first-order chi connectivity index (χ1) is 7.29. The molecule has 15 heavy (non-hydrogen) atoms. The van der Waals surface area contributed by atoms with Crippen molar-refractivity contribution >= 4 is 5.91 Å². The van der Waals surface area contributed by atoms with Crippen LogP contribution in [0.1, 0.15) is 32.6 Å². The van der Waals surface area contributed by atoms with Crippen molar-refractivity contribution in [1.29, 1.82) is 5.26 Å². The number of hydrogen-bond acceptors (Lipinski definition) is 2. The Labute approximate surface area is 91.4 Å². The molecule has 0 aromatic carbocycles. The van der Waals surface area contributed by atoms with Crippen LogP contribution >= 0.6 is 0 Å². The minimum absolute atomic E-state index is 0.106. The molecule has 0 aliphatic heterocycles. The van der Waals surface area contributed by atoms with E-state index in [1.807, 2.05) is 6.92 Å². The Morgan fingerprint density at radius 3 is 2.93 bits per heavy atom. The highest BCUT2D eigenvalue weighted by Gasteiger charge is 2.23. The number of nitrogens with zero attached hydrogens (tertiary/aromatic N) is 2. The Balaban J connectivity index is 2.54. The van der Waals surface area contributed by atoms with Gasteiger partial charge in [0.05, 0.1) is 6.07 Å². The third-order valence-corrected chi connectivity index (χ3v) is 2.69. The molecular weight excluding hydrogens is 188 g/mol. The number of amides is 1. The van der Waals surface area contributed by atoms with Crippen LogP contribution < -0.4 is 0 Å². The molecule has 0 N–H and O–H groups in total. The molecule has 0 radical (unpaired) electrons. The normalized spacial score (nSPS) is 19.6. The number of carbonyl (C=O) groups excluding carboxylic acids is 1. The van der Waals surface area contributed by atoms with E-state index in [1.54, 1.807) is 4.90 Å². The summed E-state index contributed by atoms with van der Waals surface area (Å²) in [6.07, 6.45) is 7.87. The zero-order valence-electron chi connectivity index (χ0n) is 9.28. The molecule has 82 valence electrons. The third kappa shape index (κ3) is 3.39.